The third-order valence-electron chi connectivity index (χ3n) is 4.64. The highest BCUT2D eigenvalue weighted by Gasteiger charge is 2.21. The quantitative estimate of drug-likeness (QED) is 0.503. The number of rotatable bonds is 9. The van der Waals surface area contributed by atoms with Gasteiger partial charge in [-0.05, 0) is 23.8 Å². The molecule has 0 aliphatic carbocycles. The number of benzene rings is 2. The van der Waals surface area contributed by atoms with Crippen LogP contribution >= 0.6 is 0 Å². The van der Waals surface area contributed by atoms with Gasteiger partial charge in [0.1, 0.15) is 11.4 Å². The minimum Gasteiger partial charge on any atom is -0.493 e. The van der Waals surface area contributed by atoms with Crippen molar-refractivity contribution in [3.05, 3.63) is 71.9 Å². The van der Waals surface area contributed by atoms with E-state index in [1.807, 2.05) is 30.3 Å². The Bertz CT molecular complexity index is 1220. The molecule has 0 bridgehead atoms. The molecular weight excluding hydrogens is 434 g/mol. The summed E-state index contributed by atoms with van der Waals surface area (Å²) in [4.78, 5) is 17.7. The van der Waals surface area contributed by atoms with Crippen molar-refractivity contribution >= 4 is 27.5 Å². The number of sulfonamides is 1. The van der Waals surface area contributed by atoms with E-state index in [1.54, 1.807) is 11.9 Å². The number of ether oxygens (including phenoxy) is 2. The van der Waals surface area contributed by atoms with E-state index in [4.69, 9.17) is 9.47 Å². The first-order chi connectivity index (χ1) is 15.2. The first kappa shape index (κ1) is 22.9. The maximum atomic E-state index is 12.8. The van der Waals surface area contributed by atoms with Crippen molar-refractivity contribution in [2.75, 3.05) is 30.9 Å². The van der Waals surface area contributed by atoms with Gasteiger partial charge in [0, 0.05) is 19.7 Å². The number of anilines is 2. The lowest BCUT2D eigenvalue weighted by Crippen LogP contribution is -2.21. The third-order valence-corrected chi connectivity index (χ3v) is 6.02. The first-order valence-corrected chi connectivity index (χ1v) is 11.0. The van der Waals surface area contributed by atoms with Crippen LogP contribution in [0.2, 0.25) is 0 Å². The Morgan fingerprint density at radius 3 is 2.38 bits per heavy atom. The van der Waals surface area contributed by atoms with Gasteiger partial charge in [0.25, 0.3) is 10.0 Å². The maximum Gasteiger partial charge on any atom is 0.339 e. The second kappa shape index (κ2) is 9.56. The van der Waals surface area contributed by atoms with E-state index in [0.717, 1.165) is 5.56 Å². The number of carbonyl (C=O) groups is 1. The number of aromatic nitrogens is 1. The summed E-state index contributed by atoms with van der Waals surface area (Å²) in [7, 11) is 0.533. The zero-order chi connectivity index (χ0) is 23.3. The van der Waals surface area contributed by atoms with Crippen LogP contribution in [0.1, 0.15) is 15.9 Å². The second-order valence-corrected chi connectivity index (χ2v) is 8.55. The van der Waals surface area contributed by atoms with E-state index in [1.165, 1.54) is 44.7 Å². The van der Waals surface area contributed by atoms with Gasteiger partial charge in [0.05, 0.1) is 31.0 Å². The van der Waals surface area contributed by atoms with E-state index in [2.05, 4.69) is 9.71 Å². The van der Waals surface area contributed by atoms with Crippen molar-refractivity contribution in [3.63, 3.8) is 0 Å². The summed E-state index contributed by atoms with van der Waals surface area (Å²) in [5, 5.41) is 9.67. The number of pyridine rings is 1. The number of hydrogen-bond acceptors (Lipinski definition) is 7. The van der Waals surface area contributed by atoms with Crippen molar-refractivity contribution in [1.82, 2.24) is 4.98 Å². The Kier molecular flexibility index (Phi) is 6.84. The Morgan fingerprint density at radius 2 is 1.75 bits per heavy atom. The van der Waals surface area contributed by atoms with E-state index in [0.29, 0.717) is 12.3 Å². The lowest BCUT2D eigenvalue weighted by Gasteiger charge is -2.21. The number of methoxy groups -OCH3 is 2. The van der Waals surface area contributed by atoms with Gasteiger partial charge in [-0.3, -0.25) is 4.72 Å². The van der Waals surface area contributed by atoms with Crippen molar-refractivity contribution in [2.24, 2.45) is 0 Å². The topological polar surface area (TPSA) is 118 Å². The molecule has 0 atom stereocenters. The van der Waals surface area contributed by atoms with Crippen molar-refractivity contribution in [1.29, 1.82) is 0 Å². The Morgan fingerprint density at radius 1 is 1.06 bits per heavy atom. The number of aromatic carboxylic acids is 1. The predicted octanol–water partition coefficient (Wildman–Crippen LogP) is 3.23. The average Bonchev–Trinajstić information content (AvgIpc) is 2.78. The fourth-order valence-electron chi connectivity index (χ4n) is 3.10. The molecule has 168 valence electrons. The molecule has 0 saturated carbocycles. The van der Waals surface area contributed by atoms with Gasteiger partial charge in [0.2, 0.25) is 0 Å². The first-order valence-electron chi connectivity index (χ1n) is 9.48. The normalized spacial score (nSPS) is 11.0. The van der Waals surface area contributed by atoms with Gasteiger partial charge in [-0.25, -0.2) is 18.2 Å². The SMILES string of the molecule is COc1ccc(S(=O)(=O)Nc2cnc(N(C)Cc3ccccc3)c(C(=O)O)c2)cc1OC. The summed E-state index contributed by atoms with van der Waals surface area (Å²) in [6.45, 7) is 0.435. The van der Waals surface area contributed by atoms with Crippen LogP contribution in [0.5, 0.6) is 11.5 Å². The van der Waals surface area contributed by atoms with Crippen molar-refractivity contribution in [3.8, 4) is 11.5 Å². The van der Waals surface area contributed by atoms with Crippen molar-refractivity contribution < 1.29 is 27.8 Å². The number of hydrogen-bond donors (Lipinski definition) is 2. The van der Waals surface area contributed by atoms with Crippen LogP contribution < -0.4 is 19.1 Å². The molecule has 3 aromatic rings. The number of carboxylic acids is 1. The van der Waals surface area contributed by atoms with Crippen LogP contribution in [0.25, 0.3) is 0 Å². The monoisotopic (exact) mass is 457 g/mol. The molecule has 0 aliphatic rings. The lowest BCUT2D eigenvalue weighted by atomic mass is 10.2. The molecule has 0 aliphatic heterocycles. The number of nitrogens with zero attached hydrogens (tertiary/aromatic N) is 2. The molecular formula is C22H23N3O6S. The van der Waals surface area contributed by atoms with Crippen molar-refractivity contribution in [2.45, 2.75) is 11.4 Å². The Labute approximate surface area is 186 Å². The molecule has 10 heteroatoms. The molecule has 1 aromatic heterocycles. The molecule has 3 rings (SSSR count). The molecule has 0 saturated heterocycles. The van der Waals surface area contributed by atoms with Gasteiger partial charge in [-0.15, -0.1) is 0 Å². The third kappa shape index (κ3) is 5.09. The average molecular weight is 458 g/mol. The van der Waals surface area contributed by atoms with Gasteiger partial charge in [-0.2, -0.15) is 0 Å². The maximum absolute atomic E-state index is 12.8. The van der Waals surface area contributed by atoms with Gasteiger partial charge < -0.3 is 19.5 Å². The van der Waals surface area contributed by atoms with Crippen LogP contribution in [0.15, 0.2) is 65.7 Å². The number of nitrogens with one attached hydrogen (secondary N) is 1. The summed E-state index contributed by atoms with van der Waals surface area (Å²) in [5.41, 5.74) is 0.872. The van der Waals surface area contributed by atoms with Crippen LogP contribution in [-0.2, 0) is 16.6 Å². The molecule has 2 N–H and O–H groups in total. The molecule has 0 spiro atoms. The van der Waals surface area contributed by atoms with Crippen LogP contribution in [0.4, 0.5) is 11.5 Å². The fourth-order valence-corrected chi connectivity index (χ4v) is 4.15. The summed E-state index contributed by atoms with van der Waals surface area (Å²) >= 11 is 0. The zero-order valence-electron chi connectivity index (χ0n) is 17.8. The Hall–Kier alpha value is -3.79. The van der Waals surface area contributed by atoms with E-state index in [9.17, 15) is 18.3 Å². The van der Waals surface area contributed by atoms with Gasteiger partial charge >= 0.3 is 5.97 Å². The lowest BCUT2D eigenvalue weighted by molar-refractivity contribution is 0.0697. The molecule has 1 heterocycles. The molecule has 0 amide bonds. The highest BCUT2D eigenvalue weighted by atomic mass is 32.2. The minimum absolute atomic E-state index is 0.0223. The largest absolute Gasteiger partial charge is 0.493 e. The minimum atomic E-state index is -4.03. The van der Waals surface area contributed by atoms with Gasteiger partial charge in [-0.1, -0.05) is 30.3 Å². The molecule has 9 nitrogen and oxygen atoms in total. The molecule has 32 heavy (non-hydrogen) atoms. The second-order valence-electron chi connectivity index (χ2n) is 6.86. The summed E-state index contributed by atoms with van der Waals surface area (Å²) < 4.78 is 38.3. The highest BCUT2D eigenvalue weighted by Crippen LogP contribution is 2.30. The molecule has 2 aromatic carbocycles. The smallest absolute Gasteiger partial charge is 0.339 e. The molecule has 0 radical (unpaired) electrons. The van der Waals surface area contributed by atoms with E-state index in [-0.39, 0.29) is 27.7 Å². The van der Waals surface area contributed by atoms with Crippen LogP contribution in [0.3, 0.4) is 0 Å². The summed E-state index contributed by atoms with van der Waals surface area (Å²) in [6, 6.07) is 14.9. The summed E-state index contributed by atoms with van der Waals surface area (Å²) in [6.07, 6.45) is 1.28. The molecule has 0 unspecified atom stereocenters. The van der Waals surface area contributed by atoms with Crippen LogP contribution in [-0.4, -0.2) is 45.7 Å². The predicted molar refractivity (Wildman–Crippen MR) is 120 cm³/mol. The summed E-state index contributed by atoms with van der Waals surface area (Å²) in [5.74, 6) is -0.375. The van der Waals surface area contributed by atoms with Crippen LogP contribution in [0, 0.1) is 0 Å². The van der Waals surface area contributed by atoms with Gasteiger partial charge in [0.15, 0.2) is 11.5 Å². The highest BCUT2D eigenvalue weighted by molar-refractivity contribution is 7.92. The number of carboxylic acid groups (broad SMARTS) is 1. The zero-order valence-corrected chi connectivity index (χ0v) is 18.6. The fraction of sp³-hybridized carbons (Fsp3) is 0.182. The van der Waals surface area contributed by atoms with E-state index >= 15 is 0 Å². The van der Waals surface area contributed by atoms with E-state index < -0.39 is 16.0 Å². The standard InChI is InChI=1S/C22H23N3O6S/c1-25(14-15-7-5-4-6-8-15)21-18(22(26)27)11-16(13-23-21)24-32(28,29)17-9-10-19(30-2)20(12-17)31-3/h4-13,24H,14H2,1-3H3,(H,26,27). The Balaban J connectivity index is 1.89. The molecule has 0 fully saturated rings.